The summed E-state index contributed by atoms with van der Waals surface area (Å²) in [7, 11) is -2.06. The zero-order valence-electron chi connectivity index (χ0n) is 16.0. The van der Waals surface area contributed by atoms with Crippen molar-refractivity contribution >= 4 is 10.0 Å². The highest BCUT2D eigenvalue weighted by Crippen LogP contribution is 2.26. The van der Waals surface area contributed by atoms with Crippen molar-refractivity contribution in [1.82, 2.24) is 9.62 Å². The quantitative estimate of drug-likeness (QED) is 0.578. The topological polar surface area (TPSA) is 99.1 Å². The Hall–Kier alpha value is -1.88. The van der Waals surface area contributed by atoms with E-state index in [2.05, 4.69) is 4.72 Å². The maximum atomic E-state index is 13.1. The number of sulfonamides is 1. The fourth-order valence-electron chi connectivity index (χ4n) is 3.56. The van der Waals surface area contributed by atoms with E-state index in [1.54, 1.807) is 0 Å². The molecule has 0 aromatic heterocycles. The van der Waals surface area contributed by atoms with E-state index < -0.39 is 40.2 Å². The molecule has 29 heavy (non-hydrogen) atoms. The molecule has 2 aromatic rings. The van der Waals surface area contributed by atoms with E-state index in [-0.39, 0.29) is 18.0 Å². The highest BCUT2D eigenvalue weighted by Gasteiger charge is 2.45. The van der Waals surface area contributed by atoms with Gasteiger partial charge in [0.1, 0.15) is 18.0 Å². The molecule has 158 valence electrons. The van der Waals surface area contributed by atoms with Crippen LogP contribution in [-0.4, -0.2) is 68.1 Å². The van der Waals surface area contributed by atoms with Crippen molar-refractivity contribution in [2.75, 3.05) is 20.2 Å². The van der Waals surface area contributed by atoms with Gasteiger partial charge in [-0.3, -0.25) is 4.90 Å². The van der Waals surface area contributed by atoms with Gasteiger partial charge in [0, 0.05) is 13.1 Å². The molecule has 2 aromatic carbocycles. The number of nitrogens with one attached hydrogen (secondary N) is 1. The van der Waals surface area contributed by atoms with Crippen LogP contribution in [0, 0.1) is 5.82 Å². The van der Waals surface area contributed by atoms with Crippen LogP contribution in [0.1, 0.15) is 5.56 Å². The summed E-state index contributed by atoms with van der Waals surface area (Å²) in [4.78, 5) is 1.82. The Bertz CT molecular complexity index is 895. The lowest BCUT2D eigenvalue weighted by molar-refractivity contribution is -0.0201. The molecule has 1 aliphatic rings. The zero-order valence-corrected chi connectivity index (χ0v) is 16.8. The summed E-state index contributed by atoms with van der Waals surface area (Å²) < 4.78 is 46.2. The zero-order chi connectivity index (χ0) is 21.0. The van der Waals surface area contributed by atoms with Gasteiger partial charge in [0.05, 0.1) is 23.6 Å². The first kappa shape index (κ1) is 21.8. The lowest BCUT2D eigenvalue weighted by atomic mass is 10.0. The number of halogens is 1. The minimum absolute atomic E-state index is 0.0645. The molecule has 0 spiro atoms. The molecule has 0 radical (unpaired) electrons. The Morgan fingerprint density at radius 1 is 1.10 bits per heavy atom. The summed E-state index contributed by atoms with van der Waals surface area (Å²) in [5, 5.41) is 20.1. The Kier molecular flexibility index (Phi) is 6.99. The molecule has 1 heterocycles. The summed E-state index contributed by atoms with van der Waals surface area (Å²) >= 11 is 0. The van der Waals surface area contributed by atoms with Gasteiger partial charge in [0.15, 0.2) is 0 Å². The Morgan fingerprint density at radius 3 is 2.38 bits per heavy atom. The number of aliphatic hydroxyl groups is 2. The van der Waals surface area contributed by atoms with Gasteiger partial charge in [-0.1, -0.05) is 30.3 Å². The van der Waals surface area contributed by atoms with E-state index in [1.165, 1.54) is 12.1 Å². The molecule has 0 amide bonds. The third-order valence-corrected chi connectivity index (χ3v) is 6.46. The minimum Gasteiger partial charge on any atom is -0.394 e. The second-order valence-corrected chi connectivity index (χ2v) is 8.85. The van der Waals surface area contributed by atoms with E-state index in [4.69, 9.17) is 4.74 Å². The van der Waals surface area contributed by atoms with Gasteiger partial charge in [0.25, 0.3) is 0 Å². The van der Waals surface area contributed by atoms with E-state index in [0.717, 1.165) is 17.7 Å². The van der Waals surface area contributed by atoms with Gasteiger partial charge >= 0.3 is 0 Å². The SMILES string of the molecule is CN(Cc1ccccc1)[C@@H]1[C@H](O)[C@H](CO)O[C@@H]1CNS(=O)(=O)c1ccc(F)cc1. The number of ether oxygens (including phenoxy) is 1. The van der Waals surface area contributed by atoms with Gasteiger partial charge in [-0.2, -0.15) is 0 Å². The monoisotopic (exact) mass is 424 g/mol. The maximum Gasteiger partial charge on any atom is 0.240 e. The molecule has 4 atom stereocenters. The fraction of sp³-hybridized carbons (Fsp3) is 0.400. The third kappa shape index (κ3) is 5.19. The Morgan fingerprint density at radius 2 is 1.76 bits per heavy atom. The molecular formula is C20H25FN2O5S. The van der Waals surface area contributed by atoms with Crippen LogP contribution in [0.25, 0.3) is 0 Å². The summed E-state index contributed by atoms with van der Waals surface area (Å²) in [6.45, 7) is 0.0421. The molecule has 0 aliphatic carbocycles. The van der Waals surface area contributed by atoms with Gasteiger partial charge in [-0.15, -0.1) is 0 Å². The van der Waals surface area contributed by atoms with Crippen molar-refractivity contribution in [2.24, 2.45) is 0 Å². The molecular weight excluding hydrogens is 399 g/mol. The summed E-state index contributed by atoms with van der Waals surface area (Å²) in [5.74, 6) is -0.528. The summed E-state index contributed by atoms with van der Waals surface area (Å²) in [6.07, 6.45) is -2.46. The van der Waals surface area contributed by atoms with Crippen LogP contribution in [0.4, 0.5) is 4.39 Å². The lowest BCUT2D eigenvalue weighted by Crippen LogP contribution is -2.49. The minimum atomic E-state index is -3.87. The Labute approximate surface area is 169 Å². The highest BCUT2D eigenvalue weighted by molar-refractivity contribution is 7.89. The molecule has 0 saturated carbocycles. The van der Waals surface area contributed by atoms with E-state index in [1.807, 2.05) is 42.3 Å². The fourth-order valence-corrected chi connectivity index (χ4v) is 4.60. The number of likely N-dealkylation sites (N-methyl/N-ethyl adjacent to an activating group) is 1. The van der Waals surface area contributed by atoms with Crippen molar-refractivity contribution in [2.45, 2.75) is 35.8 Å². The average Bonchev–Trinajstić information content (AvgIpc) is 3.03. The smallest absolute Gasteiger partial charge is 0.240 e. The highest BCUT2D eigenvalue weighted by atomic mass is 32.2. The van der Waals surface area contributed by atoms with Crippen LogP contribution in [0.15, 0.2) is 59.5 Å². The van der Waals surface area contributed by atoms with Crippen molar-refractivity contribution in [3.63, 3.8) is 0 Å². The second kappa shape index (κ2) is 9.29. The predicted octanol–water partition coefficient (Wildman–Crippen LogP) is 0.725. The van der Waals surface area contributed by atoms with E-state index in [0.29, 0.717) is 6.54 Å². The summed E-state index contributed by atoms with van der Waals surface area (Å²) in [5.41, 5.74) is 1.03. The normalized spacial score (nSPS) is 24.9. The van der Waals surface area contributed by atoms with Crippen LogP contribution < -0.4 is 4.72 Å². The van der Waals surface area contributed by atoms with Crippen molar-refractivity contribution in [1.29, 1.82) is 0 Å². The number of hydrogen-bond acceptors (Lipinski definition) is 6. The number of aliphatic hydroxyl groups excluding tert-OH is 2. The molecule has 0 bridgehead atoms. The molecule has 7 nitrogen and oxygen atoms in total. The molecule has 1 saturated heterocycles. The van der Waals surface area contributed by atoms with Crippen LogP contribution in [-0.2, 0) is 21.3 Å². The standard InChI is InChI=1S/C20H25FN2O5S/c1-23(12-14-5-3-2-4-6-14)19-17(28-18(13-24)20(19)25)11-22-29(26,27)16-9-7-15(21)8-10-16/h2-10,17-20,22,24-25H,11-13H2,1H3/t17-,18+,19+,20-/m1/s1. The first-order valence-corrected chi connectivity index (χ1v) is 10.7. The van der Waals surface area contributed by atoms with Crippen LogP contribution in [0.2, 0.25) is 0 Å². The lowest BCUT2D eigenvalue weighted by Gasteiger charge is -2.30. The Balaban J connectivity index is 1.72. The average molecular weight is 424 g/mol. The van der Waals surface area contributed by atoms with Crippen molar-refractivity contribution in [3.8, 4) is 0 Å². The van der Waals surface area contributed by atoms with E-state index in [9.17, 15) is 23.0 Å². The number of benzene rings is 2. The van der Waals surface area contributed by atoms with Gasteiger partial charge < -0.3 is 14.9 Å². The molecule has 3 N–H and O–H groups in total. The van der Waals surface area contributed by atoms with Crippen molar-refractivity contribution < 1.29 is 27.8 Å². The number of hydrogen-bond donors (Lipinski definition) is 3. The second-order valence-electron chi connectivity index (χ2n) is 7.08. The van der Waals surface area contributed by atoms with Crippen LogP contribution >= 0.6 is 0 Å². The molecule has 1 aliphatic heterocycles. The third-order valence-electron chi connectivity index (χ3n) is 5.02. The largest absolute Gasteiger partial charge is 0.394 e. The van der Waals surface area contributed by atoms with E-state index >= 15 is 0 Å². The van der Waals surface area contributed by atoms with Gasteiger partial charge in [-0.05, 0) is 36.9 Å². The van der Waals surface area contributed by atoms with Crippen LogP contribution in [0.3, 0.4) is 0 Å². The van der Waals surface area contributed by atoms with Crippen molar-refractivity contribution in [3.05, 3.63) is 66.0 Å². The first-order chi connectivity index (χ1) is 13.8. The molecule has 1 fully saturated rings. The van der Waals surface area contributed by atoms with Gasteiger partial charge in [0.2, 0.25) is 10.0 Å². The predicted molar refractivity (Wildman–Crippen MR) is 105 cm³/mol. The first-order valence-electron chi connectivity index (χ1n) is 9.25. The summed E-state index contributed by atoms with van der Waals surface area (Å²) in [6, 6.07) is 13.6. The maximum absolute atomic E-state index is 13.1. The number of rotatable bonds is 8. The molecule has 9 heteroatoms. The van der Waals surface area contributed by atoms with Crippen LogP contribution in [0.5, 0.6) is 0 Å². The number of nitrogens with zero attached hydrogens (tertiary/aromatic N) is 1. The van der Waals surface area contributed by atoms with Gasteiger partial charge in [-0.25, -0.2) is 17.5 Å². The molecule has 3 rings (SSSR count). The molecule has 0 unspecified atom stereocenters.